The molecule has 0 amide bonds. The number of aromatic nitrogens is 1. The standard InChI is InChI=1S/C20H23Cl2N3/c1-3-14-12-23-13-19(15-9-16(21)11-17(22)10-15)20(14)25-7-5-18(6-8-25)24-4-2/h3,9-13,18,24H,1,4-8H2,2H3. The molecule has 0 spiro atoms. The summed E-state index contributed by atoms with van der Waals surface area (Å²) in [5.74, 6) is 0. The maximum Gasteiger partial charge on any atom is 0.0550 e. The normalized spacial score (nSPS) is 15.4. The fraction of sp³-hybridized carbons (Fsp3) is 0.350. The molecule has 2 aromatic rings. The van der Waals surface area contributed by atoms with Crippen molar-refractivity contribution in [3.8, 4) is 11.1 Å². The summed E-state index contributed by atoms with van der Waals surface area (Å²) in [5.41, 5.74) is 4.23. The molecule has 0 bridgehead atoms. The van der Waals surface area contributed by atoms with Gasteiger partial charge in [-0.2, -0.15) is 0 Å². The van der Waals surface area contributed by atoms with Crippen molar-refractivity contribution in [2.75, 3.05) is 24.5 Å². The van der Waals surface area contributed by atoms with Gasteiger partial charge in [0.15, 0.2) is 0 Å². The second-order valence-electron chi connectivity index (χ2n) is 6.31. The summed E-state index contributed by atoms with van der Waals surface area (Å²) in [7, 11) is 0. The van der Waals surface area contributed by atoms with Gasteiger partial charge in [-0.15, -0.1) is 0 Å². The Balaban J connectivity index is 1.99. The van der Waals surface area contributed by atoms with Crippen molar-refractivity contribution in [1.82, 2.24) is 10.3 Å². The molecule has 25 heavy (non-hydrogen) atoms. The number of piperidine rings is 1. The van der Waals surface area contributed by atoms with Crippen LogP contribution in [0.5, 0.6) is 0 Å². The SMILES string of the molecule is C=Cc1cncc(-c2cc(Cl)cc(Cl)c2)c1N1CCC(NCC)CC1. The van der Waals surface area contributed by atoms with E-state index in [0.29, 0.717) is 16.1 Å². The van der Waals surface area contributed by atoms with E-state index in [4.69, 9.17) is 23.2 Å². The van der Waals surface area contributed by atoms with Crippen molar-refractivity contribution in [2.24, 2.45) is 0 Å². The molecular formula is C20H23Cl2N3. The highest BCUT2D eigenvalue weighted by molar-refractivity contribution is 6.35. The molecule has 1 aliphatic rings. The van der Waals surface area contributed by atoms with Crippen molar-refractivity contribution in [3.63, 3.8) is 0 Å². The molecule has 0 aliphatic carbocycles. The molecule has 1 aliphatic heterocycles. The third-order valence-electron chi connectivity index (χ3n) is 4.64. The van der Waals surface area contributed by atoms with E-state index in [-0.39, 0.29) is 0 Å². The molecular weight excluding hydrogens is 353 g/mol. The van der Waals surface area contributed by atoms with E-state index >= 15 is 0 Å². The first kappa shape index (κ1) is 18.2. The molecule has 0 atom stereocenters. The Kier molecular flexibility index (Phi) is 6.00. The number of hydrogen-bond acceptors (Lipinski definition) is 3. The first-order valence-corrected chi connectivity index (χ1v) is 9.43. The van der Waals surface area contributed by atoms with Gasteiger partial charge < -0.3 is 10.2 Å². The number of halogens is 2. The lowest BCUT2D eigenvalue weighted by Gasteiger charge is -2.36. The van der Waals surface area contributed by atoms with E-state index in [1.165, 1.54) is 5.69 Å². The van der Waals surface area contributed by atoms with E-state index < -0.39 is 0 Å². The number of hydrogen-bond donors (Lipinski definition) is 1. The predicted molar refractivity (Wildman–Crippen MR) is 109 cm³/mol. The van der Waals surface area contributed by atoms with Crippen LogP contribution < -0.4 is 10.2 Å². The Bertz CT molecular complexity index is 732. The Labute approximate surface area is 159 Å². The van der Waals surface area contributed by atoms with Gasteiger partial charge in [0.05, 0.1) is 5.69 Å². The lowest BCUT2D eigenvalue weighted by molar-refractivity contribution is 0.424. The molecule has 1 saturated heterocycles. The van der Waals surface area contributed by atoms with E-state index in [1.807, 2.05) is 30.6 Å². The predicted octanol–water partition coefficient (Wildman–Crippen LogP) is 5.28. The smallest absolute Gasteiger partial charge is 0.0550 e. The molecule has 0 unspecified atom stereocenters. The highest BCUT2D eigenvalue weighted by Crippen LogP contribution is 2.37. The molecule has 3 nitrogen and oxygen atoms in total. The first-order valence-electron chi connectivity index (χ1n) is 8.67. The van der Waals surface area contributed by atoms with Crippen LogP contribution in [0.2, 0.25) is 10.0 Å². The highest BCUT2D eigenvalue weighted by Gasteiger charge is 2.23. The van der Waals surface area contributed by atoms with Crippen molar-refractivity contribution >= 4 is 35.0 Å². The third-order valence-corrected chi connectivity index (χ3v) is 5.08. The minimum absolute atomic E-state index is 0.597. The summed E-state index contributed by atoms with van der Waals surface area (Å²) in [6.07, 6.45) is 7.88. The number of benzene rings is 1. The van der Waals surface area contributed by atoms with Gasteiger partial charge in [0.1, 0.15) is 0 Å². The van der Waals surface area contributed by atoms with Gasteiger partial charge >= 0.3 is 0 Å². The topological polar surface area (TPSA) is 28.2 Å². The summed E-state index contributed by atoms with van der Waals surface area (Å²) in [5, 5.41) is 4.81. The zero-order valence-corrected chi connectivity index (χ0v) is 15.9. The zero-order valence-electron chi connectivity index (χ0n) is 14.4. The second-order valence-corrected chi connectivity index (χ2v) is 7.18. The van der Waals surface area contributed by atoms with Crippen LogP contribution in [0, 0.1) is 0 Å². The van der Waals surface area contributed by atoms with Gasteiger partial charge in [0.2, 0.25) is 0 Å². The lowest BCUT2D eigenvalue weighted by atomic mass is 9.98. The fourth-order valence-corrected chi connectivity index (χ4v) is 4.01. The maximum atomic E-state index is 6.22. The minimum atomic E-state index is 0.597. The summed E-state index contributed by atoms with van der Waals surface area (Å²) >= 11 is 12.4. The summed E-state index contributed by atoms with van der Waals surface area (Å²) in [6, 6.07) is 6.22. The molecule has 5 heteroatoms. The van der Waals surface area contributed by atoms with Crippen LogP contribution in [-0.4, -0.2) is 30.7 Å². The lowest BCUT2D eigenvalue weighted by Crippen LogP contribution is -2.42. The molecule has 2 heterocycles. The Morgan fingerprint density at radius 2 is 1.88 bits per heavy atom. The molecule has 1 aromatic heterocycles. The van der Waals surface area contributed by atoms with Gasteiger partial charge in [0.25, 0.3) is 0 Å². The highest BCUT2D eigenvalue weighted by atomic mass is 35.5. The van der Waals surface area contributed by atoms with E-state index in [2.05, 4.69) is 28.7 Å². The largest absolute Gasteiger partial charge is 0.370 e. The van der Waals surface area contributed by atoms with E-state index in [9.17, 15) is 0 Å². The van der Waals surface area contributed by atoms with Crippen LogP contribution >= 0.6 is 23.2 Å². The van der Waals surface area contributed by atoms with Gasteiger partial charge in [-0.05, 0) is 43.1 Å². The molecule has 1 fully saturated rings. The maximum absolute atomic E-state index is 6.22. The van der Waals surface area contributed by atoms with Crippen LogP contribution in [0.4, 0.5) is 5.69 Å². The minimum Gasteiger partial charge on any atom is -0.370 e. The van der Waals surface area contributed by atoms with Crippen molar-refractivity contribution in [1.29, 1.82) is 0 Å². The summed E-state index contributed by atoms with van der Waals surface area (Å²) in [6.45, 7) is 9.15. The van der Waals surface area contributed by atoms with Crippen LogP contribution in [-0.2, 0) is 0 Å². The molecule has 0 saturated carbocycles. The summed E-state index contributed by atoms with van der Waals surface area (Å²) < 4.78 is 0. The van der Waals surface area contributed by atoms with E-state index in [1.54, 1.807) is 6.07 Å². The fourth-order valence-electron chi connectivity index (χ4n) is 3.49. The van der Waals surface area contributed by atoms with Gasteiger partial charge in [-0.25, -0.2) is 0 Å². The first-order chi connectivity index (χ1) is 12.1. The molecule has 132 valence electrons. The number of nitrogens with zero attached hydrogens (tertiary/aromatic N) is 2. The quantitative estimate of drug-likeness (QED) is 0.770. The number of rotatable bonds is 5. The van der Waals surface area contributed by atoms with Crippen LogP contribution in [0.15, 0.2) is 37.2 Å². The monoisotopic (exact) mass is 375 g/mol. The molecule has 3 rings (SSSR count). The average Bonchev–Trinajstić information content (AvgIpc) is 2.61. The average molecular weight is 376 g/mol. The van der Waals surface area contributed by atoms with Gasteiger partial charge in [0, 0.05) is 52.7 Å². The van der Waals surface area contributed by atoms with E-state index in [0.717, 1.165) is 49.2 Å². The number of anilines is 1. The molecule has 1 aromatic carbocycles. The Morgan fingerprint density at radius 3 is 2.48 bits per heavy atom. The van der Waals surface area contributed by atoms with Crippen LogP contribution in [0.1, 0.15) is 25.3 Å². The Morgan fingerprint density at radius 1 is 1.20 bits per heavy atom. The third kappa shape index (κ3) is 4.17. The van der Waals surface area contributed by atoms with Crippen molar-refractivity contribution < 1.29 is 0 Å². The Hall–Kier alpha value is -1.55. The summed E-state index contributed by atoms with van der Waals surface area (Å²) in [4.78, 5) is 6.82. The van der Waals surface area contributed by atoms with Crippen molar-refractivity contribution in [2.45, 2.75) is 25.8 Å². The number of nitrogens with one attached hydrogen (secondary N) is 1. The van der Waals surface area contributed by atoms with Gasteiger partial charge in [-0.3, -0.25) is 4.98 Å². The van der Waals surface area contributed by atoms with Crippen molar-refractivity contribution in [3.05, 3.63) is 52.8 Å². The van der Waals surface area contributed by atoms with Gasteiger partial charge in [-0.1, -0.05) is 42.8 Å². The second kappa shape index (κ2) is 8.22. The zero-order chi connectivity index (χ0) is 17.8. The number of pyridine rings is 1. The van der Waals surface area contributed by atoms with Crippen LogP contribution in [0.3, 0.4) is 0 Å². The molecule has 1 N–H and O–H groups in total. The van der Waals surface area contributed by atoms with Crippen LogP contribution in [0.25, 0.3) is 17.2 Å². The molecule has 0 radical (unpaired) electrons.